The van der Waals surface area contributed by atoms with Crippen LogP contribution in [0.2, 0.25) is 0 Å². The summed E-state index contributed by atoms with van der Waals surface area (Å²) in [6, 6.07) is -0.0167. The Balaban J connectivity index is 4.56. The molecule has 1 amide bonds. The molecule has 0 aromatic rings. The Labute approximate surface area is 135 Å². The Morgan fingerprint density at radius 2 is 1.82 bits per heavy atom. The minimum Gasteiger partial charge on any atom is -0.444 e. The van der Waals surface area contributed by atoms with Crippen molar-refractivity contribution < 1.29 is 9.53 Å². The number of carbonyl (C=O) groups excluding carboxylic acids is 1. The zero-order valence-electron chi connectivity index (χ0n) is 15.1. The van der Waals surface area contributed by atoms with E-state index in [0.29, 0.717) is 6.54 Å². The van der Waals surface area contributed by atoms with Crippen LogP contribution in [0.1, 0.15) is 60.8 Å². The van der Waals surface area contributed by atoms with E-state index in [9.17, 15) is 4.79 Å². The van der Waals surface area contributed by atoms with Gasteiger partial charge in [-0.05, 0) is 40.5 Å². The second kappa shape index (κ2) is 11.2. The molecule has 0 radical (unpaired) electrons. The first-order valence-corrected chi connectivity index (χ1v) is 8.34. The summed E-state index contributed by atoms with van der Waals surface area (Å²) in [5.74, 6) is 0.788. The number of alkyl carbamates (subject to hydrolysis) is 1. The molecule has 6 heteroatoms. The van der Waals surface area contributed by atoms with E-state index in [4.69, 9.17) is 4.74 Å². The molecule has 1 atom stereocenters. The number of rotatable bonds is 8. The molecule has 0 fully saturated rings. The van der Waals surface area contributed by atoms with E-state index in [2.05, 4.69) is 34.8 Å². The highest BCUT2D eigenvalue weighted by molar-refractivity contribution is 5.79. The number of nitrogens with zero attached hydrogens (tertiary/aromatic N) is 1. The zero-order chi connectivity index (χ0) is 17.0. The molecular formula is C16H34N4O2. The lowest BCUT2D eigenvalue weighted by Gasteiger charge is -2.23. The van der Waals surface area contributed by atoms with Crippen LogP contribution in [0.25, 0.3) is 0 Å². The van der Waals surface area contributed by atoms with Gasteiger partial charge in [-0.25, -0.2) is 4.79 Å². The van der Waals surface area contributed by atoms with E-state index < -0.39 is 5.60 Å². The SMILES string of the molecule is CCCNC(=NCC(CCC)NC(=O)OC(C)(C)C)NCC. The Kier molecular flexibility index (Phi) is 10.4. The summed E-state index contributed by atoms with van der Waals surface area (Å²) < 4.78 is 5.30. The third-order valence-corrected chi connectivity index (χ3v) is 2.71. The lowest BCUT2D eigenvalue weighted by Crippen LogP contribution is -2.42. The fraction of sp³-hybridized carbons (Fsp3) is 0.875. The number of hydrogen-bond acceptors (Lipinski definition) is 3. The maximum atomic E-state index is 11.9. The molecular weight excluding hydrogens is 280 g/mol. The smallest absolute Gasteiger partial charge is 0.407 e. The van der Waals surface area contributed by atoms with E-state index in [1.807, 2.05) is 27.7 Å². The quantitative estimate of drug-likeness (QED) is 0.475. The average Bonchev–Trinajstić information content (AvgIpc) is 2.39. The minimum absolute atomic E-state index is 0.0167. The molecule has 0 aliphatic carbocycles. The first-order valence-electron chi connectivity index (χ1n) is 8.34. The molecule has 0 heterocycles. The fourth-order valence-corrected chi connectivity index (χ4v) is 1.82. The largest absolute Gasteiger partial charge is 0.444 e. The summed E-state index contributed by atoms with van der Waals surface area (Å²) in [4.78, 5) is 16.4. The van der Waals surface area contributed by atoms with Crippen LogP contribution in [0.3, 0.4) is 0 Å². The van der Waals surface area contributed by atoms with Gasteiger partial charge in [-0.3, -0.25) is 4.99 Å². The van der Waals surface area contributed by atoms with Crippen LogP contribution in [-0.4, -0.2) is 43.3 Å². The van der Waals surface area contributed by atoms with Crippen LogP contribution in [0.5, 0.6) is 0 Å². The van der Waals surface area contributed by atoms with E-state index >= 15 is 0 Å². The van der Waals surface area contributed by atoms with Crippen LogP contribution in [-0.2, 0) is 4.74 Å². The van der Waals surface area contributed by atoms with Gasteiger partial charge >= 0.3 is 6.09 Å². The summed E-state index contributed by atoms with van der Waals surface area (Å²) in [5, 5.41) is 9.36. The Morgan fingerprint density at radius 1 is 1.14 bits per heavy atom. The van der Waals surface area contributed by atoms with Crippen molar-refractivity contribution in [1.82, 2.24) is 16.0 Å². The van der Waals surface area contributed by atoms with Crippen LogP contribution >= 0.6 is 0 Å². The molecule has 0 rings (SSSR count). The van der Waals surface area contributed by atoms with Gasteiger partial charge in [0.05, 0.1) is 12.6 Å². The standard InChI is InChI=1S/C16H34N4O2/c1-7-10-13(20-15(21)22-16(4,5)6)12-19-14(17-9-3)18-11-8-2/h13H,7-12H2,1-6H3,(H,20,21)(H2,17,18,19). The van der Waals surface area contributed by atoms with Crippen molar-refractivity contribution in [3.05, 3.63) is 0 Å². The van der Waals surface area contributed by atoms with Gasteiger partial charge in [0.2, 0.25) is 0 Å². The van der Waals surface area contributed by atoms with Crippen molar-refractivity contribution in [2.75, 3.05) is 19.6 Å². The van der Waals surface area contributed by atoms with E-state index in [-0.39, 0.29) is 12.1 Å². The van der Waals surface area contributed by atoms with Gasteiger partial charge in [0, 0.05) is 13.1 Å². The van der Waals surface area contributed by atoms with Crippen LogP contribution in [0.4, 0.5) is 4.79 Å². The third-order valence-electron chi connectivity index (χ3n) is 2.71. The second-order valence-corrected chi connectivity index (χ2v) is 6.28. The van der Waals surface area contributed by atoms with Gasteiger partial charge in [-0.1, -0.05) is 20.3 Å². The van der Waals surface area contributed by atoms with Gasteiger partial charge in [-0.2, -0.15) is 0 Å². The molecule has 6 nitrogen and oxygen atoms in total. The number of carbonyl (C=O) groups is 1. The van der Waals surface area contributed by atoms with Crippen molar-refractivity contribution >= 4 is 12.1 Å². The van der Waals surface area contributed by atoms with Gasteiger partial charge in [0.15, 0.2) is 5.96 Å². The highest BCUT2D eigenvalue weighted by Crippen LogP contribution is 2.07. The summed E-state index contributed by atoms with van der Waals surface area (Å²) in [7, 11) is 0. The molecule has 3 N–H and O–H groups in total. The number of amides is 1. The van der Waals surface area contributed by atoms with Crippen LogP contribution < -0.4 is 16.0 Å². The fourth-order valence-electron chi connectivity index (χ4n) is 1.82. The van der Waals surface area contributed by atoms with Crippen LogP contribution in [0, 0.1) is 0 Å². The monoisotopic (exact) mass is 314 g/mol. The Hall–Kier alpha value is -1.46. The van der Waals surface area contributed by atoms with Crippen LogP contribution in [0.15, 0.2) is 4.99 Å². The summed E-state index contributed by atoms with van der Waals surface area (Å²) in [6.07, 6.45) is 2.51. The zero-order valence-corrected chi connectivity index (χ0v) is 15.1. The molecule has 0 bridgehead atoms. The first-order chi connectivity index (χ1) is 10.3. The molecule has 0 aromatic carbocycles. The molecule has 0 saturated carbocycles. The normalized spacial score (nSPS) is 13.5. The van der Waals surface area contributed by atoms with Crippen molar-refractivity contribution in [3.63, 3.8) is 0 Å². The van der Waals surface area contributed by atoms with Crippen molar-refractivity contribution in [3.8, 4) is 0 Å². The molecule has 0 spiro atoms. The summed E-state index contributed by atoms with van der Waals surface area (Å²) in [6.45, 7) is 14.0. The molecule has 0 aliphatic rings. The highest BCUT2D eigenvalue weighted by Gasteiger charge is 2.19. The van der Waals surface area contributed by atoms with Gasteiger partial charge < -0.3 is 20.7 Å². The van der Waals surface area contributed by atoms with Gasteiger partial charge in [0.1, 0.15) is 5.60 Å². The van der Waals surface area contributed by atoms with Crippen molar-refractivity contribution in [1.29, 1.82) is 0 Å². The molecule has 130 valence electrons. The number of nitrogens with one attached hydrogen (secondary N) is 3. The van der Waals surface area contributed by atoms with E-state index in [1.54, 1.807) is 0 Å². The second-order valence-electron chi connectivity index (χ2n) is 6.28. The van der Waals surface area contributed by atoms with Gasteiger partial charge in [0.25, 0.3) is 0 Å². The maximum absolute atomic E-state index is 11.9. The van der Waals surface area contributed by atoms with Crippen molar-refractivity contribution in [2.24, 2.45) is 4.99 Å². The Morgan fingerprint density at radius 3 is 2.32 bits per heavy atom. The molecule has 0 aromatic heterocycles. The van der Waals surface area contributed by atoms with E-state index in [0.717, 1.165) is 38.3 Å². The predicted molar refractivity (Wildman–Crippen MR) is 92.3 cm³/mol. The third kappa shape index (κ3) is 11.2. The Bertz CT molecular complexity index is 338. The lowest BCUT2D eigenvalue weighted by atomic mass is 10.1. The lowest BCUT2D eigenvalue weighted by molar-refractivity contribution is 0.0503. The maximum Gasteiger partial charge on any atom is 0.407 e. The van der Waals surface area contributed by atoms with E-state index in [1.165, 1.54) is 0 Å². The number of ether oxygens (including phenoxy) is 1. The average molecular weight is 314 g/mol. The molecule has 22 heavy (non-hydrogen) atoms. The number of aliphatic imine (C=N–C) groups is 1. The minimum atomic E-state index is -0.484. The van der Waals surface area contributed by atoms with Gasteiger partial charge in [-0.15, -0.1) is 0 Å². The molecule has 0 saturated heterocycles. The summed E-state index contributed by atoms with van der Waals surface area (Å²) >= 11 is 0. The molecule has 0 aliphatic heterocycles. The van der Waals surface area contributed by atoms with Crippen molar-refractivity contribution in [2.45, 2.75) is 72.4 Å². The topological polar surface area (TPSA) is 74.8 Å². The summed E-state index contributed by atoms with van der Waals surface area (Å²) in [5.41, 5.74) is -0.484. The number of guanidine groups is 1. The highest BCUT2D eigenvalue weighted by atomic mass is 16.6. The number of hydrogen-bond donors (Lipinski definition) is 3. The predicted octanol–water partition coefficient (Wildman–Crippen LogP) is 2.64. The first kappa shape index (κ1) is 20.5. The molecule has 1 unspecified atom stereocenters.